The molecule has 0 aliphatic rings. The number of benzene rings is 2. The molecule has 8 heteroatoms. The second-order valence-electron chi connectivity index (χ2n) is 5.63. The topological polar surface area (TPSA) is 93.2 Å². The summed E-state index contributed by atoms with van der Waals surface area (Å²) in [5, 5.41) is 14.5. The lowest BCUT2D eigenvalue weighted by Gasteiger charge is -2.06. The van der Waals surface area contributed by atoms with E-state index in [0.29, 0.717) is 34.4 Å². The molecule has 2 aromatic carbocycles. The number of methoxy groups -OCH3 is 1. The normalized spacial score (nSPS) is 10.4. The van der Waals surface area contributed by atoms with E-state index in [1.54, 1.807) is 43.5 Å². The summed E-state index contributed by atoms with van der Waals surface area (Å²) in [4.78, 5) is 24.3. The summed E-state index contributed by atoms with van der Waals surface area (Å²) in [5.41, 5.74) is 2.00. The van der Waals surface area contributed by atoms with Gasteiger partial charge < -0.3 is 10.1 Å². The highest BCUT2D eigenvalue weighted by atomic mass is 32.1. The van der Waals surface area contributed by atoms with Gasteiger partial charge in [0.05, 0.1) is 0 Å². The summed E-state index contributed by atoms with van der Waals surface area (Å²) in [6, 6.07) is 16.0. The van der Waals surface area contributed by atoms with E-state index >= 15 is 0 Å². The fourth-order valence-corrected chi connectivity index (χ4v) is 3.01. The molecule has 27 heavy (non-hydrogen) atoms. The van der Waals surface area contributed by atoms with Crippen molar-refractivity contribution in [1.29, 1.82) is 0 Å². The van der Waals surface area contributed by atoms with E-state index in [0.717, 1.165) is 5.56 Å². The molecule has 0 aliphatic heterocycles. The van der Waals surface area contributed by atoms with Crippen LogP contribution in [0.1, 0.15) is 31.3 Å². The zero-order valence-corrected chi connectivity index (χ0v) is 15.5. The third-order valence-corrected chi connectivity index (χ3v) is 4.47. The van der Waals surface area contributed by atoms with E-state index in [4.69, 9.17) is 4.74 Å². The molecular formula is C19H18N4O3S. The maximum absolute atomic E-state index is 12.3. The van der Waals surface area contributed by atoms with Gasteiger partial charge in [0.25, 0.3) is 11.8 Å². The smallest absolute Gasteiger partial charge is 0.257 e. The van der Waals surface area contributed by atoms with Crippen molar-refractivity contribution in [2.45, 2.75) is 13.2 Å². The van der Waals surface area contributed by atoms with Gasteiger partial charge in [0, 0.05) is 24.8 Å². The first kappa shape index (κ1) is 18.7. The second-order valence-corrected chi connectivity index (χ2v) is 6.70. The van der Waals surface area contributed by atoms with Crippen molar-refractivity contribution in [3.63, 3.8) is 0 Å². The largest absolute Gasteiger partial charge is 0.377 e. The van der Waals surface area contributed by atoms with Crippen LogP contribution in [0.15, 0.2) is 54.6 Å². The third kappa shape index (κ3) is 5.19. The molecule has 3 aromatic rings. The lowest BCUT2D eigenvalue weighted by molar-refractivity contribution is 0.0949. The van der Waals surface area contributed by atoms with Crippen LogP contribution in [-0.2, 0) is 17.9 Å². The Bertz CT molecular complexity index is 910. The van der Waals surface area contributed by atoms with Gasteiger partial charge in [-0.3, -0.25) is 14.9 Å². The van der Waals surface area contributed by atoms with Gasteiger partial charge >= 0.3 is 0 Å². The number of nitrogens with one attached hydrogen (secondary N) is 2. The van der Waals surface area contributed by atoms with Crippen molar-refractivity contribution in [2.24, 2.45) is 0 Å². The van der Waals surface area contributed by atoms with Crippen LogP contribution < -0.4 is 10.6 Å². The second kappa shape index (κ2) is 9.02. The van der Waals surface area contributed by atoms with Crippen LogP contribution in [0.5, 0.6) is 0 Å². The molecule has 0 spiro atoms. The first-order valence-corrected chi connectivity index (χ1v) is 9.02. The van der Waals surface area contributed by atoms with Gasteiger partial charge in [0.2, 0.25) is 5.13 Å². The molecule has 0 bridgehead atoms. The first-order valence-electron chi connectivity index (χ1n) is 8.20. The summed E-state index contributed by atoms with van der Waals surface area (Å²) in [7, 11) is 1.57. The number of nitrogens with zero attached hydrogens (tertiary/aromatic N) is 2. The highest BCUT2D eigenvalue weighted by Crippen LogP contribution is 2.17. The average Bonchev–Trinajstić information content (AvgIpc) is 3.14. The Labute approximate surface area is 160 Å². The number of carbonyl (C=O) groups excluding carboxylic acids is 2. The maximum Gasteiger partial charge on any atom is 0.257 e. The quantitative estimate of drug-likeness (QED) is 0.655. The average molecular weight is 382 g/mol. The molecular weight excluding hydrogens is 364 g/mol. The SMILES string of the molecule is COCc1nnc(NC(=O)c2ccc(CNC(=O)c3ccccc3)cc2)s1. The Kier molecular flexibility index (Phi) is 6.24. The van der Waals surface area contributed by atoms with Gasteiger partial charge in [-0.15, -0.1) is 10.2 Å². The molecule has 0 saturated heterocycles. The first-order chi connectivity index (χ1) is 13.2. The highest BCUT2D eigenvalue weighted by molar-refractivity contribution is 7.15. The number of carbonyl (C=O) groups is 2. The van der Waals surface area contributed by atoms with E-state index in [9.17, 15) is 9.59 Å². The lowest BCUT2D eigenvalue weighted by atomic mass is 10.1. The minimum absolute atomic E-state index is 0.138. The molecule has 0 unspecified atom stereocenters. The van der Waals surface area contributed by atoms with E-state index in [2.05, 4.69) is 20.8 Å². The highest BCUT2D eigenvalue weighted by Gasteiger charge is 2.10. The maximum atomic E-state index is 12.3. The molecule has 0 radical (unpaired) electrons. The molecule has 7 nitrogen and oxygen atoms in total. The predicted octanol–water partition coefficient (Wildman–Crippen LogP) is 2.87. The van der Waals surface area contributed by atoms with E-state index in [1.165, 1.54) is 11.3 Å². The number of rotatable bonds is 7. The van der Waals surface area contributed by atoms with Gasteiger partial charge in [0.1, 0.15) is 11.6 Å². The Balaban J connectivity index is 1.54. The van der Waals surface area contributed by atoms with Crippen LogP contribution in [0.25, 0.3) is 0 Å². The molecule has 2 N–H and O–H groups in total. The molecule has 1 heterocycles. The summed E-state index contributed by atoms with van der Waals surface area (Å²) in [6.45, 7) is 0.739. The number of amides is 2. The van der Waals surface area contributed by atoms with Crippen LogP contribution in [0.3, 0.4) is 0 Å². The van der Waals surface area contributed by atoms with Gasteiger partial charge in [-0.25, -0.2) is 0 Å². The number of aromatic nitrogens is 2. The van der Waals surface area contributed by atoms with Crippen LogP contribution in [0, 0.1) is 0 Å². The van der Waals surface area contributed by atoms with E-state index < -0.39 is 0 Å². The zero-order chi connectivity index (χ0) is 19.1. The molecule has 0 atom stereocenters. The van der Waals surface area contributed by atoms with Crippen molar-refractivity contribution in [3.8, 4) is 0 Å². The number of anilines is 1. The lowest BCUT2D eigenvalue weighted by Crippen LogP contribution is -2.22. The van der Waals surface area contributed by atoms with Crippen molar-refractivity contribution >= 4 is 28.3 Å². The van der Waals surface area contributed by atoms with Gasteiger partial charge in [-0.05, 0) is 29.8 Å². The van der Waals surface area contributed by atoms with E-state index in [-0.39, 0.29) is 11.8 Å². The van der Waals surface area contributed by atoms with Crippen LogP contribution in [0.4, 0.5) is 5.13 Å². The molecule has 138 valence electrons. The molecule has 0 fully saturated rings. The molecule has 0 aliphatic carbocycles. The Hall–Kier alpha value is -3.10. The third-order valence-electron chi connectivity index (χ3n) is 3.66. The summed E-state index contributed by atoms with van der Waals surface area (Å²) in [6.07, 6.45) is 0. The monoisotopic (exact) mass is 382 g/mol. The van der Waals surface area contributed by atoms with Crippen LogP contribution in [-0.4, -0.2) is 29.1 Å². The Morgan fingerprint density at radius 2 is 1.67 bits per heavy atom. The standard InChI is InChI=1S/C19H18N4O3S/c1-26-12-16-22-23-19(27-16)21-18(25)15-9-7-13(8-10-15)11-20-17(24)14-5-3-2-4-6-14/h2-10H,11-12H2,1H3,(H,20,24)(H,21,23,25). The van der Waals surface area contributed by atoms with Crippen molar-refractivity contribution in [1.82, 2.24) is 15.5 Å². The van der Waals surface area contributed by atoms with Gasteiger partial charge in [-0.1, -0.05) is 41.7 Å². The van der Waals surface area contributed by atoms with Crippen molar-refractivity contribution in [2.75, 3.05) is 12.4 Å². The number of ether oxygens (including phenoxy) is 1. The summed E-state index contributed by atoms with van der Waals surface area (Å²) in [5.74, 6) is -0.407. The zero-order valence-electron chi connectivity index (χ0n) is 14.6. The minimum atomic E-state index is -0.269. The fourth-order valence-electron chi connectivity index (χ4n) is 2.30. The number of hydrogen-bond acceptors (Lipinski definition) is 6. The summed E-state index contributed by atoms with van der Waals surface area (Å²) >= 11 is 1.27. The predicted molar refractivity (Wildman–Crippen MR) is 103 cm³/mol. The Morgan fingerprint density at radius 1 is 0.963 bits per heavy atom. The van der Waals surface area contributed by atoms with Gasteiger partial charge in [-0.2, -0.15) is 0 Å². The van der Waals surface area contributed by atoms with E-state index in [1.807, 2.05) is 18.2 Å². The van der Waals surface area contributed by atoms with Crippen molar-refractivity contribution in [3.05, 3.63) is 76.3 Å². The van der Waals surface area contributed by atoms with Crippen LogP contribution >= 0.6 is 11.3 Å². The Morgan fingerprint density at radius 3 is 2.37 bits per heavy atom. The fraction of sp³-hybridized carbons (Fsp3) is 0.158. The summed E-state index contributed by atoms with van der Waals surface area (Å²) < 4.78 is 4.98. The molecule has 2 amide bonds. The van der Waals surface area contributed by atoms with Gasteiger partial charge in [0.15, 0.2) is 0 Å². The van der Waals surface area contributed by atoms with Crippen molar-refractivity contribution < 1.29 is 14.3 Å². The van der Waals surface area contributed by atoms with Crippen LogP contribution in [0.2, 0.25) is 0 Å². The molecule has 0 saturated carbocycles. The minimum Gasteiger partial charge on any atom is -0.377 e. The number of hydrogen-bond donors (Lipinski definition) is 2. The molecule has 3 rings (SSSR count). The molecule has 1 aromatic heterocycles.